The van der Waals surface area contributed by atoms with Crippen LogP contribution in [0.15, 0.2) is 48.5 Å². The predicted octanol–water partition coefficient (Wildman–Crippen LogP) is 3.72. The average molecular weight is 381 g/mol. The molecule has 1 aliphatic rings. The van der Waals surface area contributed by atoms with Crippen LogP contribution in [-0.2, 0) is 27.2 Å². The average Bonchev–Trinajstić information content (AvgIpc) is 2.87. The van der Waals surface area contributed by atoms with E-state index in [0.29, 0.717) is 6.54 Å². The third-order valence-electron chi connectivity index (χ3n) is 5.53. The number of nitrogens with one attached hydrogen (secondary N) is 1. The molecule has 5 nitrogen and oxygen atoms in total. The molecule has 0 bridgehead atoms. The molecule has 1 N–H and O–H groups in total. The van der Waals surface area contributed by atoms with E-state index in [9.17, 15) is 4.79 Å². The van der Waals surface area contributed by atoms with Gasteiger partial charge in [0.2, 0.25) is 0 Å². The summed E-state index contributed by atoms with van der Waals surface area (Å²) in [6, 6.07) is 15.6. The van der Waals surface area contributed by atoms with Gasteiger partial charge in [0.1, 0.15) is 6.61 Å². The number of hydrogen-bond donors (Lipinski definition) is 1. The first kappa shape index (κ1) is 20.4. The van der Waals surface area contributed by atoms with Crippen LogP contribution in [-0.4, -0.2) is 24.4 Å². The molecule has 1 aliphatic heterocycles. The van der Waals surface area contributed by atoms with E-state index >= 15 is 0 Å². The number of benzene rings is 2. The molecule has 0 spiro atoms. The highest BCUT2D eigenvalue weighted by molar-refractivity contribution is 6.62. The summed E-state index contributed by atoms with van der Waals surface area (Å²) in [6.07, 6.45) is -0.432. The first-order valence-corrected chi connectivity index (χ1v) is 9.57. The van der Waals surface area contributed by atoms with Crippen LogP contribution in [0.4, 0.5) is 4.79 Å². The summed E-state index contributed by atoms with van der Waals surface area (Å²) in [5.41, 5.74) is 3.29. The molecular weight excluding hydrogens is 353 g/mol. The summed E-state index contributed by atoms with van der Waals surface area (Å²) < 4.78 is 17.5. The third-order valence-corrected chi connectivity index (χ3v) is 5.53. The maximum absolute atomic E-state index is 11.9. The zero-order valence-electron chi connectivity index (χ0n) is 17.2. The number of alkyl carbamates (subject to hydrolysis) is 1. The van der Waals surface area contributed by atoms with Gasteiger partial charge in [-0.05, 0) is 56.8 Å². The van der Waals surface area contributed by atoms with E-state index < -0.39 is 6.09 Å². The Morgan fingerprint density at radius 3 is 2.29 bits per heavy atom. The van der Waals surface area contributed by atoms with E-state index in [0.717, 1.165) is 22.2 Å². The molecule has 148 valence electrons. The fourth-order valence-electron chi connectivity index (χ4n) is 2.98. The minimum atomic E-state index is -0.432. The molecule has 1 saturated heterocycles. The molecule has 0 unspecified atom stereocenters. The van der Waals surface area contributed by atoms with E-state index in [1.54, 1.807) is 0 Å². The lowest BCUT2D eigenvalue weighted by molar-refractivity contribution is 0.00578. The summed E-state index contributed by atoms with van der Waals surface area (Å²) in [4.78, 5) is 11.9. The fraction of sp³-hybridized carbons (Fsp3) is 0.409. The lowest BCUT2D eigenvalue weighted by Gasteiger charge is -2.32. The standard InChI is InChI=1S/C22H28BNO4/c1-16-13-19(23-27-21(2,3)22(4,5)28-23)12-11-18(16)14-24-20(25)26-15-17-9-7-6-8-10-17/h6-13H,14-15H2,1-5H3,(H,24,25). The molecule has 2 aromatic carbocycles. The van der Waals surface area contributed by atoms with Crippen molar-refractivity contribution in [3.8, 4) is 0 Å². The minimum Gasteiger partial charge on any atom is -0.445 e. The Balaban J connectivity index is 1.55. The van der Waals surface area contributed by atoms with Crippen molar-refractivity contribution in [3.63, 3.8) is 0 Å². The molecule has 0 radical (unpaired) electrons. The second kappa shape index (κ2) is 7.98. The highest BCUT2D eigenvalue weighted by Gasteiger charge is 2.51. The summed E-state index contributed by atoms with van der Waals surface area (Å²) in [5, 5.41) is 2.80. The Bertz CT molecular complexity index is 820. The Kier molecular flexibility index (Phi) is 5.82. The third kappa shape index (κ3) is 4.57. The monoisotopic (exact) mass is 381 g/mol. The highest BCUT2D eigenvalue weighted by Crippen LogP contribution is 2.36. The molecule has 0 aromatic heterocycles. The Morgan fingerprint density at radius 2 is 1.68 bits per heavy atom. The highest BCUT2D eigenvalue weighted by atomic mass is 16.7. The van der Waals surface area contributed by atoms with Crippen molar-refractivity contribution in [2.45, 2.75) is 59.0 Å². The zero-order chi connectivity index (χ0) is 20.4. The van der Waals surface area contributed by atoms with Gasteiger partial charge in [-0.15, -0.1) is 0 Å². The Hall–Kier alpha value is -2.31. The molecule has 0 aliphatic carbocycles. The summed E-state index contributed by atoms with van der Waals surface area (Å²) in [6.45, 7) is 10.8. The van der Waals surface area contributed by atoms with Gasteiger partial charge < -0.3 is 19.4 Å². The molecule has 6 heteroatoms. The van der Waals surface area contributed by atoms with Crippen LogP contribution < -0.4 is 10.8 Å². The molecule has 1 heterocycles. The van der Waals surface area contributed by atoms with Gasteiger partial charge in [0.15, 0.2) is 0 Å². The van der Waals surface area contributed by atoms with Crippen LogP contribution in [0, 0.1) is 6.92 Å². The smallest absolute Gasteiger partial charge is 0.445 e. The molecule has 0 saturated carbocycles. The van der Waals surface area contributed by atoms with Gasteiger partial charge in [0.25, 0.3) is 0 Å². The number of carbonyl (C=O) groups excluding carboxylic acids is 1. The van der Waals surface area contributed by atoms with E-state index in [4.69, 9.17) is 14.0 Å². The largest absolute Gasteiger partial charge is 0.494 e. The molecule has 0 atom stereocenters. The van der Waals surface area contributed by atoms with E-state index in [-0.39, 0.29) is 24.9 Å². The summed E-state index contributed by atoms with van der Waals surface area (Å²) >= 11 is 0. The van der Waals surface area contributed by atoms with E-state index in [1.807, 2.05) is 77.1 Å². The van der Waals surface area contributed by atoms with Crippen molar-refractivity contribution in [1.82, 2.24) is 5.32 Å². The van der Waals surface area contributed by atoms with Crippen molar-refractivity contribution >= 4 is 18.7 Å². The van der Waals surface area contributed by atoms with Gasteiger partial charge in [0.05, 0.1) is 11.2 Å². The van der Waals surface area contributed by atoms with Gasteiger partial charge >= 0.3 is 13.2 Å². The zero-order valence-corrected chi connectivity index (χ0v) is 17.2. The van der Waals surface area contributed by atoms with Gasteiger partial charge in [0, 0.05) is 6.54 Å². The number of rotatable bonds is 5. The van der Waals surface area contributed by atoms with Crippen molar-refractivity contribution in [2.24, 2.45) is 0 Å². The molecule has 3 rings (SSSR count). The first-order chi connectivity index (χ1) is 13.2. The molecule has 1 fully saturated rings. The molecule has 2 aromatic rings. The Morgan fingerprint density at radius 1 is 1.04 bits per heavy atom. The van der Waals surface area contributed by atoms with E-state index in [2.05, 4.69) is 11.4 Å². The van der Waals surface area contributed by atoms with Gasteiger partial charge in [-0.25, -0.2) is 4.79 Å². The van der Waals surface area contributed by atoms with Gasteiger partial charge in [-0.2, -0.15) is 0 Å². The minimum absolute atomic E-state index is 0.256. The quantitative estimate of drug-likeness (QED) is 0.803. The number of amides is 1. The first-order valence-electron chi connectivity index (χ1n) is 9.57. The maximum Gasteiger partial charge on any atom is 0.494 e. The molecular formula is C22H28BNO4. The van der Waals surface area contributed by atoms with Crippen LogP contribution in [0.25, 0.3) is 0 Å². The molecule has 1 amide bonds. The second-order valence-corrected chi connectivity index (χ2v) is 8.19. The molecule has 28 heavy (non-hydrogen) atoms. The SMILES string of the molecule is Cc1cc(B2OC(C)(C)C(C)(C)O2)ccc1CNC(=O)OCc1ccccc1. The van der Waals surface area contributed by atoms with Crippen LogP contribution in [0.3, 0.4) is 0 Å². The van der Waals surface area contributed by atoms with Crippen molar-refractivity contribution in [1.29, 1.82) is 0 Å². The summed E-state index contributed by atoms with van der Waals surface area (Å²) in [5.74, 6) is 0. The van der Waals surface area contributed by atoms with Crippen molar-refractivity contribution in [2.75, 3.05) is 0 Å². The number of carbonyl (C=O) groups is 1. The van der Waals surface area contributed by atoms with Crippen LogP contribution in [0.5, 0.6) is 0 Å². The second-order valence-electron chi connectivity index (χ2n) is 8.19. The Labute approximate surface area is 167 Å². The predicted molar refractivity (Wildman–Crippen MR) is 110 cm³/mol. The maximum atomic E-state index is 11.9. The van der Waals surface area contributed by atoms with Crippen LogP contribution in [0.1, 0.15) is 44.4 Å². The van der Waals surface area contributed by atoms with Gasteiger partial charge in [-0.3, -0.25) is 0 Å². The normalized spacial score (nSPS) is 17.4. The number of aryl methyl sites for hydroxylation is 1. The van der Waals surface area contributed by atoms with Crippen LogP contribution in [0.2, 0.25) is 0 Å². The van der Waals surface area contributed by atoms with Crippen molar-refractivity contribution < 1.29 is 18.8 Å². The fourth-order valence-corrected chi connectivity index (χ4v) is 2.98. The number of ether oxygens (including phenoxy) is 1. The van der Waals surface area contributed by atoms with Gasteiger partial charge in [-0.1, -0.05) is 48.5 Å². The van der Waals surface area contributed by atoms with Crippen molar-refractivity contribution in [3.05, 3.63) is 65.2 Å². The number of hydrogen-bond acceptors (Lipinski definition) is 4. The topological polar surface area (TPSA) is 56.8 Å². The summed E-state index contributed by atoms with van der Waals surface area (Å²) in [7, 11) is -0.387. The van der Waals surface area contributed by atoms with E-state index in [1.165, 1.54) is 0 Å². The lowest BCUT2D eigenvalue weighted by Crippen LogP contribution is -2.41. The van der Waals surface area contributed by atoms with Crippen LogP contribution >= 0.6 is 0 Å². The lowest BCUT2D eigenvalue weighted by atomic mass is 9.78.